The van der Waals surface area contributed by atoms with Crippen molar-refractivity contribution in [3.63, 3.8) is 0 Å². The third-order valence-corrected chi connectivity index (χ3v) is 4.38. The minimum atomic E-state index is -1.19. The molecule has 1 aromatic heterocycles. The zero-order valence-electron chi connectivity index (χ0n) is 15.1. The van der Waals surface area contributed by atoms with Crippen LogP contribution in [0.2, 0.25) is 0 Å². The molecule has 1 atom stereocenters. The summed E-state index contributed by atoms with van der Waals surface area (Å²) >= 11 is 0. The Hall–Kier alpha value is -3.85. The summed E-state index contributed by atoms with van der Waals surface area (Å²) in [6.07, 6.45) is -1.19. The maximum absolute atomic E-state index is 13.1. The number of hydrogen-bond acceptors (Lipinski definition) is 6. The third-order valence-electron chi connectivity index (χ3n) is 4.38. The molecule has 0 fully saturated rings. The van der Waals surface area contributed by atoms with Gasteiger partial charge in [0.25, 0.3) is 5.56 Å². The van der Waals surface area contributed by atoms with E-state index < -0.39 is 29.2 Å². The van der Waals surface area contributed by atoms with Gasteiger partial charge in [0.2, 0.25) is 0 Å². The lowest BCUT2D eigenvalue weighted by Crippen LogP contribution is -2.35. The van der Waals surface area contributed by atoms with Crippen LogP contribution < -0.4 is 27.2 Å². The Bertz CT molecular complexity index is 1180. The molecule has 2 aromatic carbocycles. The molecule has 1 aliphatic heterocycles. The predicted octanol–water partition coefficient (Wildman–Crippen LogP) is 1.24. The molecule has 9 nitrogen and oxygen atoms in total. The van der Waals surface area contributed by atoms with Crippen LogP contribution in [0.3, 0.4) is 0 Å². The predicted molar refractivity (Wildman–Crippen MR) is 98.3 cm³/mol. The molecule has 0 bridgehead atoms. The molecule has 1 unspecified atom stereocenters. The Morgan fingerprint density at radius 2 is 1.75 bits per heavy atom. The fraction of sp³-hybridized carbons (Fsp3) is 0.105. The van der Waals surface area contributed by atoms with Crippen LogP contribution in [0.1, 0.15) is 27.6 Å². The molecule has 5 N–H and O–H groups in total. The molecule has 0 radical (unpaired) electrons. The van der Waals surface area contributed by atoms with Gasteiger partial charge in [0, 0.05) is 5.56 Å². The second-order valence-corrected chi connectivity index (χ2v) is 5.86. The quantitative estimate of drug-likeness (QED) is 0.650. The molecule has 2 heterocycles. The Kier molecular flexibility index (Phi) is 4.76. The number of hydrogen-bond donors (Lipinski definition) is 2. The van der Waals surface area contributed by atoms with E-state index in [4.69, 9.17) is 9.47 Å². The van der Waals surface area contributed by atoms with Crippen LogP contribution in [0.5, 0.6) is 11.6 Å². The molecule has 9 heteroatoms. The number of rotatable bonds is 3. The number of nitrogens with zero attached hydrogens (tertiary/aromatic N) is 1. The van der Waals surface area contributed by atoms with Crippen LogP contribution in [0.25, 0.3) is 5.69 Å². The molecule has 0 spiro atoms. The fourth-order valence-corrected chi connectivity index (χ4v) is 3.15. The minimum Gasteiger partial charge on any atom is -0.859 e. The maximum Gasteiger partial charge on any atom is 0.339 e. The molecule has 1 aliphatic rings. The smallest absolute Gasteiger partial charge is 0.339 e. The summed E-state index contributed by atoms with van der Waals surface area (Å²) in [7, 11) is 1.40. The monoisotopic (exact) mass is 383 g/mol. The first-order valence-electron chi connectivity index (χ1n) is 8.02. The van der Waals surface area contributed by atoms with Crippen LogP contribution in [-0.4, -0.2) is 22.6 Å². The number of methoxy groups -OCH3 is 1. The van der Waals surface area contributed by atoms with Gasteiger partial charge in [0.05, 0.1) is 23.9 Å². The van der Waals surface area contributed by atoms with Gasteiger partial charge < -0.3 is 20.7 Å². The van der Waals surface area contributed by atoms with Crippen molar-refractivity contribution in [2.24, 2.45) is 0 Å². The van der Waals surface area contributed by atoms with E-state index >= 15 is 0 Å². The van der Waals surface area contributed by atoms with E-state index in [1.54, 1.807) is 42.5 Å². The normalized spacial score (nSPS) is 14.8. The third kappa shape index (κ3) is 2.74. The number of esters is 1. The Balaban J connectivity index is 0.00000225. The second-order valence-electron chi connectivity index (χ2n) is 5.86. The fourth-order valence-electron chi connectivity index (χ4n) is 3.15. The molecule has 4 rings (SSSR count). The maximum atomic E-state index is 13.1. The van der Waals surface area contributed by atoms with Gasteiger partial charge in [-0.15, -0.1) is 0 Å². The van der Waals surface area contributed by atoms with Gasteiger partial charge >= 0.3 is 11.7 Å². The molecule has 0 saturated carbocycles. The van der Waals surface area contributed by atoms with Crippen molar-refractivity contribution in [3.05, 3.63) is 86.1 Å². The number of H-pyrrole nitrogens is 1. The lowest BCUT2D eigenvalue weighted by molar-refractivity contribution is -0.280. The lowest BCUT2D eigenvalue weighted by atomic mass is 10.0. The van der Waals surface area contributed by atoms with Crippen molar-refractivity contribution >= 4 is 5.97 Å². The van der Waals surface area contributed by atoms with Crippen molar-refractivity contribution in [2.45, 2.75) is 6.10 Å². The Labute approximate surface area is 158 Å². The summed E-state index contributed by atoms with van der Waals surface area (Å²) in [5, 5.41) is 13.1. The van der Waals surface area contributed by atoms with Gasteiger partial charge in [-0.05, 0) is 24.1 Å². The number of carbonyl (C=O) groups excluding carboxylic acids is 1. The minimum absolute atomic E-state index is 0. The average molecular weight is 383 g/mol. The van der Waals surface area contributed by atoms with Crippen molar-refractivity contribution < 1.29 is 19.4 Å². The van der Waals surface area contributed by atoms with Crippen molar-refractivity contribution in [1.82, 2.24) is 15.7 Å². The largest absolute Gasteiger partial charge is 0.859 e. The van der Waals surface area contributed by atoms with E-state index in [2.05, 4.69) is 4.98 Å². The lowest BCUT2D eigenvalue weighted by Gasteiger charge is -2.23. The highest BCUT2D eigenvalue weighted by atomic mass is 16.5. The highest BCUT2D eigenvalue weighted by Crippen LogP contribution is 2.37. The molecular weight excluding hydrogens is 366 g/mol. The van der Waals surface area contributed by atoms with Gasteiger partial charge in [-0.2, -0.15) is 0 Å². The van der Waals surface area contributed by atoms with Crippen LogP contribution in [-0.2, 0) is 4.74 Å². The number of carbonyl (C=O) groups is 1. The second kappa shape index (κ2) is 7.05. The Morgan fingerprint density at radius 3 is 2.50 bits per heavy atom. The van der Waals surface area contributed by atoms with Gasteiger partial charge in [-0.25, -0.2) is 9.59 Å². The van der Waals surface area contributed by atoms with Crippen LogP contribution >= 0.6 is 0 Å². The highest BCUT2D eigenvalue weighted by molar-refractivity contribution is 5.94. The van der Waals surface area contributed by atoms with Crippen molar-refractivity contribution in [1.29, 1.82) is 0 Å². The number of nitrogens with one attached hydrogen (secondary N) is 1. The number of quaternary nitrogens is 1. The van der Waals surface area contributed by atoms with Crippen LogP contribution in [0.4, 0.5) is 0 Å². The van der Waals surface area contributed by atoms with Gasteiger partial charge in [0.15, 0.2) is 6.10 Å². The molecular formula is C19H17N3O6. The first-order chi connectivity index (χ1) is 13.0. The van der Waals surface area contributed by atoms with Crippen molar-refractivity contribution in [3.8, 4) is 17.3 Å². The molecule has 144 valence electrons. The summed E-state index contributed by atoms with van der Waals surface area (Å²) < 4.78 is 11.3. The average Bonchev–Trinajstić information content (AvgIpc) is 2.99. The summed E-state index contributed by atoms with van der Waals surface area (Å²) in [5.74, 6) is -1.23. The van der Waals surface area contributed by atoms with E-state index in [1.165, 1.54) is 13.2 Å². The molecule has 28 heavy (non-hydrogen) atoms. The van der Waals surface area contributed by atoms with E-state index in [-0.39, 0.29) is 28.7 Å². The number of benzene rings is 2. The number of aromatic amines is 1. The van der Waals surface area contributed by atoms with Gasteiger partial charge in [-0.1, -0.05) is 30.3 Å². The van der Waals surface area contributed by atoms with Crippen molar-refractivity contribution in [2.75, 3.05) is 7.11 Å². The summed E-state index contributed by atoms with van der Waals surface area (Å²) in [5.41, 5.74) is -1.31. The van der Waals surface area contributed by atoms with Crippen LogP contribution in [0, 0.1) is 0 Å². The van der Waals surface area contributed by atoms with E-state index in [0.29, 0.717) is 5.56 Å². The molecule has 3 aromatic rings. The van der Waals surface area contributed by atoms with Gasteiger partial charge in [0.1, 0.15) is 5.75 Å². The zero-order chi connectivity index (χ0) is 19.1. The standard InChI is InChI=1S/C19H14N2O6.H3N/c1-26-13-9-5-4-8-12(13)21-17(23)14(16(22)20-19(21)25)15-10-6-2-3-7-11(10)18(24)27-15;/h2-9,15,23H,1H3,(H,20,22,25);1H3. The molecule has 0 saturated heterocycles. The summed E-state index contributed by atoms with van der Waals surface area (Å²) in [4.78, 5) is 39.0. The summed E-state index contributed by atoms with van der Waals surface area (Å²) in [6, 6.07) is 12.9. The first-order valence-corrected chi connectivity index (χ1v) is 8.02. The van der Waals surface area contributed by atoms with E-state index in [1.807, 2.05) is 0 Å². The molecule has 0 aliphatic carbocycles. The number of fused-ring (bicyclic) bond motifs is 1. The first kappa shape index (κ1) is 18.9. The zero-order valence-corrected chi connectivity index (χ0v) is 15.1. The van der Waals surface area contributed by atoms with E-state index in [9.17, 15) is 19.5 Å². The number of ether oxygens (including phenoxy) is 2. The SMILES string of the molecule is COc1ccccc1-n1c([O-])c(C2OC(=O)c3ccccc32)c(=O)[nH]c1=O.[NH4+]. The number of aromatic nitrogens is 2. The molecule has 0 amide bonds. The summed E-state index contributed by atoms with van der Waals surface area (Å²) in [6.45, 7) is 0. The van der Waals surface area contributed by atoms with Crippen LogP contribution in [0.15, 0.2) is 58.1 Å². The van der Waals surface area contributed by atoms with E-state index in [0.717, 1.165) is 4.57 Å². The Morgan fingerprint density at radius 1 is 1.07 bits per heavy atom. The number of para-hydroxylation sites is 2. The highest BCUT2D eigenvalue weighted by Gasteiger charge is 2.34. The van der Waals surface area contributed by atoms with Gasteiger partial charge in [-0.3, -0.25) is 14.3 Å². The number of cyclic esters (lactones) is 1. The topological polar surface area (TPSA) is 150 Å².